The number of methoxy groups -OCH3 is 1. The van der Waals surface area contributed by atoms with E-state index in [1.807, 2.05) is 34.6 Å². The maximum Gasteiger partial charge on any atom is 0.410 e. The van der Waals surface area contributed by atoms with Crippen LogP contribution in [0, 0.1) is 5.92 Å². The summed E-state index contributed by atoms with van der Waals surface area (Å²) in [6.07, 6.45) is 2.01. The molecule has 1 fully saturated rings. The Labute approximate surface area is 192 Å². The van der Waals surface area contributed by atoms with Crippen molar-refractivity contribution in [1.29, 1.82) is 0 Å². The van der Waals surface area contributed by atoms with Crippen LogP contribution in [-0.2, 0) is 14.3 Å². The predicted molar refractivity (Wildman–Crippen MR) is 126 cm³/mol. The highest BCUT2D eigenvalue weighted by molar-refractivity contribution is 14.0. The van der Waals surface area contributed by atoms with E-state index in [0.717, 1.165) is 45.0 Å². The highest BCUT2D eigenvalue weighted by Crippen LogP contribution is 2.20. The molecule has 0 radical (unpaired) electrons. The van der Waals surface area contributed by atoms with Crippen LogP contribution in [0.1, 0.15) is 53.9 Å². The lowest BCUT2D eigenvalue weighted by Gasteiger charge is -2.36. The molecule has 1 heterocycles. The third-order valence-electron chi connectivity index (χ3n) is 4.57. The molecule has 0 atom stereocenters. The lowest BCUT2D eigenvalue weighted by atomic mass is 9.96. The molecule has 1 amide bonds. The third-order valence-corrected chi connectivity index (χ3v) is 4.57. The lowest BCUT2D eigenvalue weighted by Crippen LogP contribution is -2.48. The third kappa shape index (κ3) is 10.9. The van der Waals surface area contributed by atoms with Crippen molar-refractivity contribution >= 4 is 42.0 Å². The van der Waals surface area contributed by atoms with Gasteiger partial charge in [0.15, 0.2) is 5.96 Å². The molecule has 29 heavy (non-hydrogen) atoms. The Hall–Kier alpha value is -1.26. The maximum atomic E-state index is 12.3. The van der Waals surface area contributed by atoms with Crippen molar-refractivity contribution in [2.45, 2.75) is 59.5 Å². The number of carbonyl (C=O) groups excluding carboxylic acids is 2. The normalized spacial score (nSPS) is 15.4. The van der Waals surface area contributed by atoms with Crippen molar-refractivity contribution in [3.8, 4) is 0 Å². The van der Waals surface area contributed by atoms with E-state index in [0.29, 0.717) is 19.0 Å². The molecule has 0 aromatic heterocycles. The molecule has 1 aliphatic rings. The second kappa shape index (κ2) is 13.9. The Morgan fingerprint density at radius 2 is 1.83 bits per heavy atom. The number of nitrogens with zero attached hydrogens (tertiary/aromatic N) is 3. The Kier molecular flexibility index (Phi) is 13.3. The minimum Gasteiger partial charge on any atom is -0.469 e. The van der Waals surface area contributed by atoms with E-state index in [1.165, 1.54) is 7.11 Å². The van der Waals surface area contributed by atoms with E-state index in [-0.39, 0.29) is 42.5 Å². The Bertz CT molecular complexity index is 529. The minimum atomic E-state index is -0.477. The van der Waals surface area contributed by atoms with Gasteiger partial charge < -0.3 is 24.6 Å². The summed E-state index contributed by atoms with van der Waals surface area (Å²) in [6, 6.07) is 0. The summed E-state index contributed by atoms with van der Waals surface area (Å²) in [6.45, 7) is 14.0. The number of halogens is 1. The van der Waals surface area contributed by atoms with Gasteiger partial charge >= 0.3 is 12.1 Å². The molecule has 0 aromatic carbocycles. The quantitative estimate of drug-likeness (QED) is 0.238. The number of carbonyl (C=O) groups is 2. The molecule has 0 saturated carbocycles. The molecule has 0 bridgehead atoms. The number of guanidine groups is 1. The number of ether oxygens (including phenoxy) is 2. The zero-order valence-electron chi connectivity index (χ0n) is 18.8. The number of amides is 1. The van der Waals surface area contributed by atoms with Crippen molar-refractivity contribution in [3.63, 3.8) is 0 Å². The van der Waals surface area contributed by atoms with Crippen LogP contribution in [0.3, 0.4) is 0 Å². The van der Waals surface area contributed by atoms with Gasteiger partial charge in [0.1, 0.15) is 5.60 Å². The van der Waals surface area contributed by atoms with Crippen molar-refractivity contribution in [1.82, 2.24) is 15.1 Å². The fraction of sp³-hybridized carbons (Fsp3) is 0.850. The number of hydrogen-bond acceptors (Lipinski definition) is 5. The first kappa shape index (κ1) is 27.7. The summed E-state index contributed by atoms with van der Waals surface area (Å²) in [7, 11) is 1.39. The number of hydrogen-bond donors (Lipinski definition) is 1. The first-order chi connectivity index (χ1) is 13.2. The van der Waals surface area contributed by atoms with Crippen LogP contribution in [0.4, 0.5) is 4.79 Å². The number of esters is 1. The number of piperidine rings is 1. The Balaban J connectivity index is 0.00000784. The summed E-state index contributed by atoms with van der Waals surface area (Å²) >= 11 is 0. The molecule has 1 N–H and O–H groups in total. The largest absolute Gasteiger partial charge is 0.469 e. The molecule has 1 rings (SSSR count). The van der Waals surface area contributed by atoms with Crippen LogP contribution < -0.4 is 5.32 Å². The van der Waals surface area contributed by atoms with Crippen molar-refractivity contribution in [2.24, 2.45) is 10.9 Å². The van der Waals surface area contributed by atoms with Crippen LogP contribution in [-0.4, -0.2) is 79.8 Å². The number of nitrogens with one attached hydrogen (secondary N) is 1. The van der Waals surface area contributed by atoms with Crippen molar-refractivity contribution < 1.29 is 19.1 Å². The molecule has 0 aliphatic carbocycles. The first-order valence-electron chi connectivity index (χ1n) is 10.3. The van der Waals surface area contributed by atoms with E-state index < -0.39 is 5.60 Å². The molecule has 1 aliphatic heterocycles. The molecule has 8 nitrogen and oxygen atoms in total. The van der Waals surface area contributed by atoms with Gasteiger partial charge in [0.05, 0.1) is 20.1 Å². The van der Waals surface area contributed by atoms with Gasteiger partial charge in [-0.2, -0.15) is 0 Å². The van der Waals surface area contributed by atoms with Gasteiger partial charge in [0.2, 0.25) is 0 Å². The smallest absolute Gasteiger partial charge is 0.410 e. The van der Waals surface area contributed by atoms with Crippen molar-refractivity contribution in [2.75, 3.05) is 46.4 Å². The SMILES string of the molecule is CCNC(=NCCC(=O)OC)N1CCC(CN(CC)C(=O)OC(C)(C)C)CC1.I. The summed E-state index contributed by atoms with van der Waals surface area (Å²) in [5.74, 6) is 1.03. The Morgan fingerprint density at radius 3 is 2.31 bits per heavy atom. The molecule has 0 spiro atoms. The highest BCUT2D eigenvalue weighted by atomic mass is 127. The van der Waals surface area contributed by atoms with Crippen LogP contribution in [0.5, 0.6) is 0 Å². The molecular formula is C20H39IN4O4. The van der Waals surface area contributed by atoms with E-state index in [1.54, 1.807) is 4.90 Å². The number of aliphatic imine (C=N–C) groups is 1. The van der Waals surface area contributed by atoms with Crippen LogP contribution in [0.15, 0.2) is 4.99 Å². The van der Waals surface area contributed by atoms with Gasteiger partial charge in [0.25, 0.3) is 0 Å². The molecular weight excluding hydrogens is 487 g/mol. The van der Waals surface area contributed by atoms with Gasteiger partial charge in [-0.1, -0.05) is 0 Å². The average molecular weight is 526 g/mol. The minimum absolute atomic E-state index is 0. The molecule has 0 unspecified atom stereocenters. The standard InChI is InChI=1S/C20H38N4O4.HI/c1-7-21-18(22-12-9-17(25)27-6)24-13-10-16(11-14-24)15-23(8-2)19(26)28-20(3,4)5;/h16H,7-15H2,1-6H3,(H,21,22);1H. The zero-order valence-corrected chi connectivity index (χ0v) is 21.2. The number of likely N-dealkylation sites (tertiary alicyclic amines) is 1. The van der Waals surface area contributed by atoms with E-state index in [9.17, 15) is 9.59 Å². The van der Waals surface area contributed by atoms with Crippen molar-refractivity contribution in [3.05, 3.63) is 0 Å². The summed E-state index contributed by atoms with van der Waals surface area (Å²) in [5.41, 5.74) is -0.477. The summed E-state index contributed by atoms with van der Waals surface area (Å²) in [4.78, 5) is 32.2. The van der Waals surface area contributed by atoms with Crippen LogP contribution >= 0.6 is 24.0 Å². The molecule has 170 valence electrons. The summed E-state index contributed by atoms with van der Waals surface area (Å²) in [5, 5.41) is 3.29. The fourth-order valence-electron chi connectivity index (χ4n) is 3.08. The van der Waals surface area contributed by atoms with Crippen LogP contribution in [0.25, 0.3) is 0 Å². The second-order valence-electron chi connectivity index (χ2n) is 8.01. The number of rotatable bonds is 7. The fourth-order valence-corrected chi connectivity index (χ4v) is 3.08. The Morgan fingerprint density at radius 1 is 1.21 bits per heavy atom. The molecule has 9 heteroatoms. The monoisotopic (exact) mass is 526 g/mol. The van der Waals surface area contributed by atoms with Gasteiger partial charge in [-0.25, -0.2) is 4.79 Å². The highest BCUT2D eigenvalue weighted by Gasteiger charge is 2.27. The topological polar surface area (TPSA) is 83.5 Å². The first-order valence-corrected chi connectivity index (χ1v) is 10.3. The summed E-state index contributed by atoms with van der Waals surface area (Å²) < 4.78 is 10.2. The maximum absolute atomic E-state index is 12.3. The zero-order chi connectivity index (χ0) is 21.2. The van der Waals surface area contributed by atoms with E-state index in [4.69, 9.17) is 4.74 Å². The van der Waals surface area contributed by atoms with Gasteiger partial charge in [-0.15, -0.1) is 24.0 Å². The van der Waals surface area contributed by atoms with Gasteiger partial charge in [0, 0.05) is 32.7 Å². The van der Waals surface area contributed by atoms with E-state index in [2.05, 4.69) is 19.9 Å². The molecule has 1 saturated heterocycles. The van der Waals surface area contributed by atoms with Gasteiger partial charge in [-0.05, 0) is 53.4 Å². The van der Waals surface area contributed by atoms with E-state index >= 15 is 0 Å². The lowest BCUT2D eigenvalue weighted by molar-refractivity contribution is -0.140. The molecule has 0 aromatic rings. The van der Waals surface area contributed by atoms with Crippen LogP contribution in [0.2, 0.25) is 0 Å². The average Bonchev–Trinajstić information content (AvgIpc) is 2.64. The second-order valence-corrected chi connectivity index (χ2v) is 8.01. The van der Waals surface area contributed by atoms with Gasteiger partial charge in [-0.3, -0.25) is 9.79 Å². The predicted octanol–water partition coefficient (Wildman–Crippen LogP) is 3.10.